The Labute approximate surface area is 194 Å². The molecule has 0 aromatic heterocycles. The highest BCUT2D eigenvalue weighted by molar-refractivity contribution is 6.21. The summed E-state index contributed by atoms with van der Waals surface area (Å²) in [7, 11) is 0. The molecule has 0 N–H and O–H groups in total. The Morgan fingerprint density at radius 3 is 1.81 bits per heavy atom. The number of rotatable bonds is 14. The monoisotopic (exact) mass is 444 g/mol. The van der Waals surface area contributed by atoms with E-state index < -0.39 is 0 Å². The number of alkyl halides is 1. The van der Waals surface area contributed by atoms with Crippen molar-refractivity contribution >= 4 is 22.4 Å². The average Bonchev–Trinajstić information content (AvgIpc) is 2.79. The minimum Gasteiger partial charge on any atom is -0.493 e. The highest BCUT2D eigenvalue weighted by Gasteiger charge is 2.27. The molecule has 1 atom stereocenters. The Kier molecular flexibility index (Phi) is 10.3. The Morgan fingerprint density at radius 1 is 0.742 bits per heavy atom. The molecule has 0 aliphatic heterocycles. The Bertz CT molecular complexity index is 801. The molecular weight excluding hydrogens is 404 g/mol. The first kappa shape index (κ1) is 24.2. The van der Waals surface area contributed by atoms with Crippen molar-refractivity contribution in [2.75, 3.05) is 13.2 Å². The van der Waals surface area contributed by atoms with Crippen molar-refractivity contribution in [2.24, 2.45) is 0 Å². The minimum atomic E-state index is 0.183. The van der Waals surface area contributed by atoms with Crippen LogP contribution in [0.3, 0.4) is 0 Å². The summed E-state index contributed by atoms with van der Waals surface area (Å²) in [5, 5.41) is 2.56. The Hall–Kier alpha value is -1.41. The van der Waals surface area contributed by atoms with E-state index in [4.69, 9.17) is 21.1 Å². The van der Waals surface area contributed by atoms with E-state index in [-0.39, 0.29) is 5.38 Å². The molecule has 0 saturated carbocycles. The van der Waals surface area contributed by atoms with E-state index in [1.165, 1.54) is 73.3 Å². The van der Waals surface area contributed by atoms with Crippen LogP contribution in [0.25, 0.3) is 10.8 Å². The van der Waals surface area contributed by atoms with Crippen LogP contribution < -0.4 is 9.47 Å². The quantitative estimate of drug-likeness (QED) is 0.214. The molecule has 3 rings (SSSR count). The zero-order valence-corrected chi connectivity index (χ0v) is 20.4. The van der Waals surface area contributed by atoms with Gasteiger partial charge in [-0.25, -0.2) is 0 Å². The van der Waals surface area contributed by atoms with Gasteiger partial charge in [0.05, 0.1) is 13.2 Å². The van der Waals surface area contributed by atoms with Crippen LogP contribution in [0.5, 0.6) is 11.5 Å². The minimum absolute atomic E-state index is 0.183. The maximum Gasteiger partial charge on any atom is 0.130 e. The second-order valence-electron chi connectivity index (χ2n) is 9.03. The molecule has 2 nitrogen and oxygen atoms in total. The molecule has 0 amide bonds. The van der Waals surface area contributed by atoms with Gasteiger partial charge in [0, 0.05) is 27.3 Å². The summed E-state index contributed by atoms with van der Waals surface area (Å²) in [5.41, 5.74) is 2.63. The van der Waals surface area contributed by atoms with Crippen LogP contribution in [-0.4, -0.2) is 18.6 Å². The number of unbranched alkanes of at least 4 members (excludes halogenated alkanes) is 8. The van der Waals surface area contributed by atoms with Gasteiger partial charge in [-0.3, -0.25) is 0 Å². The summed E-state index contributed by atoms with van der Waals surface area (Å²) in [6, 6.07) is 8.61. The van der Waals surface area contributed by atoms with Gasteiger partial charge in [0.1, 0.15) is 11.5 Å². The van der Waals surface area contributed by atoms with Gasteiger partial charge < -0.3 is 9.47 Å². The van der Waals surface area contributed by atoms with Gasteiger partial charge in [-0.1, -0.05) is 89.5 Å². The summed E-state index contributed by atoms with van der Waals surface area (Å²) >= 11 is 6.62. The normalized spacial score (nSPS) is 15.8. The molecule has 3 heteroatoms. The van der Waals surface area contributed by atoms with Crippen LogP contribution >= 0.6 is 11.6 Å². The Balaban J connectivity index is 1.80. The number of hydrogen-bond donors (Lipinski definition) is 0. The fraction of sp³-hybridized carbons (Fsp3) is 0.643. The van der Waals surface area contributed by atoms with E-state index in [1.807, 2.05) is 0 Å². The zero-order valence-electron chi connectivity index (χ0n) is 19.7. The predicted octanol–water partition coefficient (Wildman–Crippen LogP) is 8.63. The fourth-order valence-corrected chi connectivity index (χ4v) is 4.94. The number of halogens is 1. The van der Waals surface area contributed by atoms with Gasteiger partial charge in [0.2, 0.25) is 0 Å². The first-order valence-electron chi connectivity index (χ1n) is 12.7. The molecule has 0 heterocycles. The van der Waals surface area contributed by atoms with E-state index in [0.717, 1.165) is 56.8 Å². The third-order valence-corrected chi connectivity index (χ3v) is 6.82. The molecule has 0 saturated heterocycles. The molecule has 0 spiro atoms. The van der Waals surface area contributed by atoms with Gasteiger partial charge in [-0.2, -0.15) is 0 Å². The van der Waals surface area contributed by atoms with Crippen LogP contribution in [0, 0.1) is 0 Å². The van der Waals surface area contributed by atoms with Crippen LogP contribution in [0.1, 0.15) is 95.6 Å². The topological polar surface area (TPSA) is 18.5 Å². The molecule has 0 fully saturated rings. The first-order valence-corrected chi connectivity index (χ1v) is 13.2. The number of fused-ring (bicyclic) bond motifs is 2. The van der Waals surface area contributed by atoms with Gasteiger partial charge in [0.25, 0.3) is 0 Å². The zero-order chi connectivity index (χ0) is 21.9. The van der Waals surface area contributed by atoms with Crippen molar-refractivity contribution < 1.29 is 9.47 Å². The highest BCUT2D eigenvalue weighted by Crippen LogP contribution is 2.45. The first-order chi connectivity index (χ1) is 15.3. The third-order valence-electron chi connectivity index (χ3n) is 6.45. The second-order valence-corrected chi connectivity index (χ2v) is 9.64. The van der Waals surface area contributed by atoms with E-state index in [1.54, 1.807) is 0 Å². The molecule has 31 heavy (non-hydrogen) atoms. The fourth-order valence-electron chi connectivity index (χ4n) is 4.67. The molecule has 0 radical (unpaired) electrons. The SMILES string of the molecule is CCCCCCCOc1c2c(c(OCCCCCCC)c3ccccc13)CC(Cl)CC2. The lowest BCUT2D eigenvalue weighted by Crippen LogP contribution is -2.18. The van der Waals surface area contributed by atoms with Crippen molar-refractivity contribution in [1.82, 2.24) is 0 Å². The van der Waals surface area contributed by atoms with Crippen molar-refractivity contribution in [3.05, 3.63) is 35.4 Å². The number of benzene rings is 2. The maximum atomic E-state index is 6.62. The van der Waals surface area contributed by atoms with Gasteiger partial charge in [-0.05, 0) is 32.1 Å². The number of hydrogen-bond acceptors (Lipinski definition) is 2. The van der Waals surface area contributed by atoms with Gasteiger partial charge >= 0.3 is 0 Å². The van der Waals surface area contributed by atoms with E-state index >= 15 is 0 Å². The summed E-state index contributed by atoms with van der Waals surface area (Å²) in [4.78, 5) is 0. The third kappa shape index (κ3) is 6.78. The van der Waals surface area contributed by atoms with E-state index in [2.05, 4.69) is 38.1 Å². The molecule has 2 aromatic carbocycles. The molecular formula is C28H41ClO2. The lowest BCUT2D eigenvalue weighted by Gasteiger charge is -2.27. The number of ether oxygens (including phenoxy) is 2. The maximum absolute atomic E-state index is 6.62. The Morgan fingerprint density at radius 2 is 1.26 bits per heavy atom. The lowest BCUT2D eigenvalue weighted by molar-refractivity contribution is 0.294. The van der Waals surface area contributed by atoms with Crippen molar-refractivity contribution in [3.8, 4) is 11.5 Å². The van der Waals surface area contributed by atoms with E-state index in [0.29, 0.717) is 0 Å². The standard InChI is InChI=1S/C28H41ClO2/c1-3-5-7-9-13-19-30-27-23-15-11-12-16-24(23)28(31-20-14-10-8-6-4-2)26-21-22(29)17-18-25(26)27/h11-12,15-16,22H,3-10,13-14,17-21H2,1-2H3. The van der Waals surface area contributed by atoms with Crippen molar-refractivity contribution in [2.45, 2.75) is 103 Å². The summed E-state index contributed by atoms with van der Waals surface area (Å²) in [6.45, 7) is 6.09. The summed E-state index contributed by atoms with van der Waals surface area (Å²) < 4.78 is 12.9. The van der Waals surface area contributed by atoms with Crippen molar-refractivity contribution in [3.63, 3.8) is 0 Å². The van der Waals surface area contributed by atoms with Crippen LogP contribution in [0.4, 0.5) is 0 Å². The molecule has 0 bridgehead atoms. The average molecular weight is 445 g/mol. The summed E-state index contributed by atoms with van der Waals surface area (Å²) in [5.74, 6) is 2.14. The predicted molar refractivity (Wildman–Crippen MR) is 134 cm³/mol. The summed E-state index contributed by atoms with van der Waals surface area (Å²) in [6.07, 6.45) is 15.4. The molecule has 1 aliphatic carbocycles. The largest absolute Gasteiger partial charge is 0.493 e. The molecule has 2 aromatic rings. The molecule has 1 unspecified atom stereocenters. The van der Waals surface area contributed by atoms with Crippen LogP contribution in [0.2, 0.25) is 0 Å². The van der Waals surface area contributed by atoms with Crippen LogP contribution in [0.15, 0.2) is 24.3 Å². The van der Waals surface area contributed by atoms with Gasteiger partial charge in [-0.15, -0.1) is 11.6 Å². The smallest absolute Gasteiger partial charge is 0.130 e. The molecule has 1 aliphatic rings. The van der Waals surface area contributed by atoms with E-state index in [9.17, 15) is 0 Å². The van der Waals surface area contributed by atoms with Crippen molar-refractivity contribution in [1.29, 1.82) is 0 Å². The lowest BCUT2D eigenvalue weighted by atomic mass is 9.87. The second kappa shape index (κ2) is 13.2. The highest BCUT2D eigenvalue weighted by atomic mass is 35.5. The molecule has 172 valence electrons. The van der Waals surface area contributed by atoms with Crippen LogP contribution in [-0.2, 0) is 12.8 Å². The van der Waals surface area contributed by atoms with Gasteiger partial charge in [0.15, 0.2) is 0 Å².